The summed E-state index contributed by atoms with van der Waals surface area (Å²) in [7, 11) is -3.36. The number of rotatable bonds is 6. The van der Waals surface area contributed by atoms with Crippen molar-refractivity contribution in [3.63, 3.8) is 0 Å². The Bertz CT molecular complexity index is 1160. The fourth-order valence-electron chi connectivity index (χ4n) is 4.67. The molecule has 1 aromatic carbocycles. The number of piperazine rings is 1. The third-order valence-corrected chi connectivity index (χ3v) is 8.92. The normalized spacial score (nSPS) is 20.6. The molecule has 0 amide bonds. The second-order valence-electron chi connectivity index (χ2n) is 9.42. The Morgan fingerprint density at radius 1 is 1.09 bits per heavy atom. The molecule has 2 aromatic rings. The number of anilines is 1. The van der Waals surface area contributed by atoms with E-state index in [0.717, 1.165) is 32.1 Å². The first-order valence-corrected chi connectivity index (χ1v) is 13.5. The molecule has 34 heavy (non-hydrogen) atoms. The molecule has 0 bridgehead atoms. The van der Waals surface area contributed by atoms with Crippen molar-refractivity contribution in [1.29, 1.82) is 0 Å². The molecule has 1 aliphatic carbocycles. The molecule has 8 nitrogen and oxygen atoms in total. The van der Waals surface area contributed by atoms with Gasteiger partial charge >= 0.3 is 5.56 Å². The maximum Gasteiger partial charge on any atom is 0.316 e. The first-order valence-electron chi connectivity index (χ1n) is 12.0. The highest BCUT2D eigenvalue weighted by Crippen LogP contribution is 2.32. The number of ether oxygens (including phenoxy) is 1. The predicted octanol–water partition coefficient (Wildman–Crippen LogP) is 3.33. The fourth-order valence-corrected chi connectivity index (χ4v) is 6.03. The zero-order valence-corrected chi connectivity index (χ0v) is 20.8. The molecule has 0 unspecified atom stereocenters. The van der Waals surface area contributed by atoms with Gasteiger partial charge < -0.3 is 9.64 Å². The minimum absolute atomic E-state index is 0.0535. The van der Waals surface area contributed by atoms with Crippen molar-refractivity contribution in [2.45, 2.75) is 70.3 Å². The molecular formula is C24H33FN4O4S. The average Bonchev–Trinajstić information content (AvgIpc) is 2.82. The molecule has 10 heteroatoms. The van der Waals surface area contributed by atoms with E-state index in [0.29, 0.717) is 31.0 Å². The fraction of sp³-hybridized carbons (Fsp3) is 0.583. The van der Waals surface area contributed by atoms with Crippen molar-refractivity contribution in [3.8, 4) is 11.4 Å². The summed E-state index contributed by atoms with van der Waals surface area (Å²) < 4.78 is 47.8. The molecule has 1 saturated carbocycles. The van der Waals surface area contributed by atoms with Gasteiger partial charge in [-0.05, 0) is 70.7 Å². The van der Waals surface area contributed by atoms with E-state index in [1.54, 1.807) is 20.0 Å². The number of hydrogen-bond acceptors (Lipinski definition) is 6. The summed E-state index contributed by atoms with van der Waals surface area (Å²) in [6, 6.07) is 5.42. The molecule has 2 heterocycles. The highest BCUT2D eigenvalue weighted by atomic mass is 32.2. The van der Waals surface area contributed by atoms with Crippen LogP contribution in [0.15, 0.2) is 35.3 Å². The predicted molar refractivity (Wildman–Crippen MR) is 130 cm³/mol. The van der Waals surface area contributed by atoms with Gasteiger partial charge in [0.15, 0.2) is 0 Å². The molecule has 1 aromatic heterocycles. The third kappa shape index (κ3) is 4.98. The summed E-state index contributed by atoms with van der Waals surface area (Å²) in [5.74, 6) is -0.173. The van der Waals surface area contributed by atoms with Crippen molar-refractivity contribution < 1.29 is 17.5 Å². The van der Waals surface area contributed by atoms with Crippen LogP contribution in [-0.2, 0) is 10.0 Å². The summed E-state index contributed by atoms with van der Waals surface area (Å²) in [5.41, 5.74) is 0.620. The Balaban J connectivity index is 1.69. The summed E-state index contributed by atoms with van der Waals surface area (Å²) in [4.78, 5) is 15.6. The van der Waals surface area contributed by atoms with Gasteiger partial charge in [-0.1, -0.05) is 6.42 Å². The molecule has 4 rings (SSSR count). The van der Waals surface area contributed by atoms with E-state index in [4.69, 9.17) is 4.74 Å². The van der Waals surface area contributed by atoms with Gasteiger partial charge in [0, 0.05) is 25.7 Å². The SMILES string of the molecule is CC(C)S(=O)(=O)N1CCN(c2cnn(-c3ccc(F)cc3)c(=O)c2OC2CCCCC2)[C@@H](C)C1. The van der Waals surface area contributed by atoms with Crippen molar-refractivity contribution in [2.24, 2.45) is 0 Å². The molecule has 0 N–H and O–H groups in total. The van der Waals surface area contributed by atoms with Gasteiger partial charge in [-0.15, -0.1) is 0 Å². The molecule has 186 valence electrons. The van der Waals surface area contributed by atoms with Crippen LogP contribution >= 0.6 is 0 Å². The van der Waals surface area contributed by atoms with Gasteiger partial charge in [-0.3, -0.25) is 4.79 Å². The Morgan fingerprint density at radius 3 is 2.38 bits per heavy atom. The quantitative estimate of drug-likeness (QED) is 0.615. The molecule has 2 aliphatic rings. The smallest absolute Gasteiger partial charge is 0.316 e. The van der Waals surface area contributed by atoms with Crippen molar-refractivity contribution >= 4 is 15.7 Å². The van der Waals surface area contributed by atoms with E-state index in [9.17, 15) is 17.6 Å². The van der Waals surface area contributed by atoms with E-state index < -0.39 is 26.6 Å². The lowest BCUT2D eigenvalue weighted by molar-refractivity contribution is 0.152. The van der Waals surface area contributed by atoms with Gasteiger partial charge in [0.05, 0.1) is 23.2 Å². The zero-order valence-electron chi connectivity index (χ0n) is 20.0. The second kappa shape index (κ2) is 10.0. The van der Waals surface area contributed by atoms with Crippen LogP contribution in [0.5, 0.6) is 5.75 Å². The average molecular weight is 493 g/mol. The largest absolute Gasteiger partial charge is 0.483 e. The molecule has 0 spiro atoms. The number of hydrogen-bond donors (Lipinski definition) is 0. The lowest BCUT2D eigenvalue weighted by Crippen LogP contribution is -2.55. The number of sulfonamides is 1. The zero-order chi connectivity index (χ0) is 24.5. The van der Waals surface area contributed by atoms with Crippen molar-refractivity contribution in [1.82, 2.24) is 14.1 Å². The topological polar surface area (TPSA) is 84.7 Å². The maximum atomic E-state index is 13.6. The van der Waals surface area contributed by atoms with E-state index in [-0.39, 0.29) is 17.9 Å². The van der Waals surface area contributed by atoms with Crippen LogP contribution in [0, 0.1) is 5.82 Å². The molecule has 2 fully saturated rings. The van der Waals surface area contributed by atoms with Gasteiger partial charge in [0.25, 0.3) is 0 Å². The van der Waals surface area contributed by atoms with Gasteiger partial charge in [-0.25, -0.2) is 12.8 Å². The third-order valence-electron chi connectivity index (χ3n) is 6.68. The van der Waals surface area contributed by atoms with E-state index in [1.165, 1.54) is 33.3 Å². The van der Waals surface area contributed by atoms with Gasteiger partial charge in [0.1, 0.15) is 11.5 Å². The Labute approximate surface area is 200 Å². The highest BCUT2D eigenvalue weighted by Gasteiger charge is 2.35. The molecule has 1 aliphatic heterocycles. The second-order valence-corrected chi connectivity index (χ2v) is 11.9. The van der Waals surface area contributed by atoms with Crippen LogP contribution in [0.2, 0.25) is 0 Å². The molecule has 1 atom stereocenters. The van der Waals surface area contributed by atoms with E-state index >= 15 is 0 Å². The van der Waals surface area contributed by atoms with Crippen molar-refractivity contribution in [2.75, 3.05) is 24.5 Å². The van der Waals surface area contributed by atoms with Crippen LogP contribution in [0.25, 0.3) is 5.69 Å². The summed E-state index contributed by atoms with van der Waals surface area (Å²) in [6.07, 6.45) is 6.58. The Kier molecular flexibility index (Phi) is 7.28. The monoisotopic (exact) mass is 492 g/mol. The van der Waals surface area contributed by atoms with Crippen LogP contribution in [0.1, 0.15) is 52.9 Å². The number of nitrogens with zero attached hydrogens (tertiary/aromatic N) is 4. The van der Waals surface area contributed by atoms with Crippen LogP contribution in [-0.4, -0.2) is 59.5 Å². The number of aromatic nitrogens is 2. The standard InChI is InChI=1S/C24H33FN4O4S/c1-17(2)34(31,32)27-13-14-28(18(3)16-27)22-15-26-29(20-11-9-19(25)10-12-20)24(30)23(22)33-21-7-5-4-6-8-21/h9-12,15,17-18,21H,4-8,13-14,16H2,1-3H3/t18-/m0/s1. The van der Waals surface area contributed by atoms with E-state index in [1.807, 2.05) is 11.8 Å². The molecule has 1 saturated heterocycles. The van der Waals surface area contributed by atoms with Crippen molar-refractivity contribution in [3.05, 3.63) is 46.6 Å². The first kappa shape index (κ1) is 24.7. The molecular weight excluding hydrogens is 459 g/mol. The van der Waals surface area contributed by atoms with Crippen LogP contribution in [0.3, 0.4) is 0 Å². The lowest BCUT2D eigenvalue weighted by Gasteiger charge is -2.41. The summed E-state index contributed by atoms with van der Waals surface area (Å²) in [5, 5.41) is 3.88. The summed E-state index contributed by atoms with van der Waals surface area (Å²) in [6.45, 7) is 6.38. The maximum absolute atomic E-state index is 13.6. The minimum atomic E-state index is -3.36. The van der Waals surface area contributed by atoms with E-state index in [2.05, 4.69) is 5.10 Å². The Hall–Kier alpha value is -2.46. The first-order chi connectivity index (χ1) is 16.2. The van der Waals surface area contributed by atoms with Crippen LogP contribution < -0.4 is 15.2 Å². The van der Waals surface area contributed by atoms with Gasteiger partial charge in [-0.2, -0.15) is 14.1 Å². The lowest BCUT2D eigenvalue weighted by atomic mass is 9.98. The molecule has 0 radical (unpaired) electrons. The minimum Gasteiger partial charge on any atom is -0.483 e. The number of benzene rings is 1. The summed E-state index contributed by atoms with van der Waals surface area (Å²) >= 11 is 0. The number of halogens is 1. The van der Waals surface area contributed by atoms with Crippen LogP contribution in [0.4, 0.5) is 10.1 Å². The van der Waals surface area contributed by atoms with Gasteiger partial charge in [0.2, 0.25) is 15.8 Å². The Morgan fingerprint density at radius 2 is 1.76 bits per heavy atom. The highest BCUT2D eigenvalue weighted by molar-refractivity contribution is 7.89.